The molecule has 0 amide bonds. The molecule has 0 radical (unpaired) electrons. The maximum absolute atomic E-state index is 11.0. The first kappa shape index (κ1) is 17.9. The Morgan fingerprint density at radius 1 is 1.44 bits per heavy atom. The number of fused-ring (bicyclic) bond motifs is 1. The molecule has 132 valence electrons. The smallest absolute Gasteiger partial charge is 0.329 e. The van der Waals surface area contributed by atoms with E-state index < -0.39 is 12.0 Å². The third-order valence-corrected chi connectivity index (χ3v) is 5.87. The molecule has 1 N–H and O–H groups in total. The number of thiazole rings is 1. The summed E-state index contributed by atoms with van der Waals surface area (Å²) in [6.45, 7) is 2.82. The van der Waals surface area contributed by atoms with Gasteiger partial charge in [-0.1, -0.05) is 19.1 Å². The van der Waals surface area contributed by atoms with Crippen molar-refractivity contribution in [1.82, 2.24) is 4.98 Å². The van der Waals surface area contributed by atoms with Crippen molar-refractivity contribution in [2.75, 3.05) is 12.4 Å². The summed E-state index contributed by atoms with van der Waals surface area (Å²) in [6, 6.07) is 5.20. The lowest BCUT2D eigenvalue weighted by molar-refractivity contribution is -0.137. The predicted molar refractivity (Wildman–Crippen MR) is 104 cm³/mol. The van der Waals surface area contributed by atoms with Crippen LogP contribution in [-0.2, 0) is 4.79 Å². The lowest BCUT2D eigenvalue weighted by atomic mass is 10.3. The first-order valence-corrected chi connectivity index (χ1v) is 10.1. The molecule has 25 heavy (non-hydrogen) atoms. The number of carboxylic acids is 1. The summed E-state index contributed by atoms with van der Waals surface area (Å²) >= 11 is 2.98. The molecule has 3 rings (SSSR count). The summed E-state index contributed by atoms with van der Waals surface area (Å²) in [6.07, 6.45) is 7.45. The highest BCUT2D eigenvalue weighted by Gasteiger charge is 2.26. The zero-order chi connectivity index (χ0) is 17.6. The van der Waals surface area contributed by atoms with Crippen LogP contribution in [0.2, 0.25) is 0 Å². The fourth-order valence-electron chi connectivity index (χ4n) is 2.38. The number of hydrogen-bond donors (Lipinski definition) is 1. The Labute approximate surface area is 154 Å². The Morgan fingerprint density at radius 3 is 3.08 bits per heavy atom. The number of thioether (sulfide) groups is 1. The summed E-state index contributed by atoms with van der Waals surface area (Å²) in [5.41, 5.74) is 0.889. The predicted octanol–water partition coefficient (Wildman–Crippen LogP) is 4.37. The van der Waals surface area contributed by atoms with Gasteiger partial charge in [0.05, 0.1) is 16.8 Å². The van der Waals surface area contributed by atoms with Gasteiger partial charge < -0.3 is 9.84 Å². The monoisotopic (exact) mass is 376 g/mol. The van der Waals surface area contributed by atoms with Gasteiger partial charge in [0, 0.05) is 5.75 Å². The number of rotatable bonds is 8. The van der Waals surface area contributed by atoms with Crippen LogP contribution in [0.1, 0.15) is 31.2 Å². The Morgan fingerprint density at radius 2 is 2.32 bits per heavy atom. The van der Waals surface area contributed by atoms with Crippen LogP contribution in [0.3, 0.4) is 0 Å². The number of ether oxygens (including phenoxy) is 1. The SMILES string of the molecule is CCC=CCCCOc1ccc2nc(C3=N[C@@H](C(=O)O)CS3)sc2c1. The minimum atomic E-state index is -0.881. The molecule has 2 heterocycles. The van der Waals surface area contributed by atoms with Gasteiger partial charge in [-0.05, 0) is 37.5 Å². The maximum Gasteiger partial charge on any atom is 0.329 e. The topological polar surface area (TPSA) is 71.8 Å². The van der Waals surface area contributed by atoms with Crippen molar-refractivity contribution >= 4 is 44.3 Å². The molecule has 1 atom stereocenters. The van der Waals surface area contributed by atoms with E-state index in [4.69, 9.17) is 9.84 Å². The van der Waals surface area contributed by atoms with Crippen molar-refractivity contribution < 1.29 is 14.6 Å². The summed E-state index contributed by atoms with van der Waals surface area (Å²) in [7, 11) is 0. The largest absolute Gasteiger partial charge is 0.494 e. The van der Waals surface area contributed by atoms with E-state index in [2.05, 4.69) is 29.1 Å². The Bertz CT molecular complexity index is 814. The van der Waals surface area contributed by atoms with Crippen LogP contribution in [0.4, 0.5) is 0 Å². The molecule has 0 aliphatic carbocycles. The minimum absolute atomic E-state index is 0.474. The van der Waals surface area contributed by atoms with Gasteiger partial charge >= 0.3 is 5.97 Å². The first-order chi connectivity index (χ1) is 12.2. The van der Waals surface area contributed by atoms with E-state index in [0.29, 0.717) is 12.4 Å². The molecular weight excluding hydrogens is 356 g/mol. The lowest BCUT2D eigenvalue weighted by Gasteiger charge is -2.04. The van der Waals surface area contributed by atoms with Crippen LogP contribution in [0.15, 0.2) is 35.3 Å². The first-order valence-electron chi connectivity index (χ1n) is 8.29. The second kappa shape index (κ2) is 8.49. The molecule has 0 unspecified atom stereocenters. The number of carbonyl (C=O) groups is 1. The molecule has 0 bridgehead atoms. The molecule has 2 aromatic rings. The minimum Gasteiger partial charge on any atom is -0.494 e. The molecule has 0 saturated heterocycles. The summed E-state index contributed by atoms with van der Waals surface area (Å²) in [5.74, 6) is 0.432. The average Bonchev–Trinajstić information content (AvgIpc) is 3.24. The van der Waals surface area contributed by atoms with Crippen LogP contribution in [0.5, 0.6) is 5.75 Å². The number of nitrogens with zero attached hydrogens (tertiary/aromatic N) is 2. The fourth-order valence-corrected chi connectivity index (χ4v) is 4.47. The number of benzene rings is 1. The molecule has 1 aliphatic rings. The van der Waals surface area contributed by atoms with Gasteiger partial charge in [-0.2, -0.15) is 0 Å². The van der Waals surface area contributed by atoms with Crippen molar-refractivity contribution in [1.29, 1.82) is 0 Å². The van der Waals surface area contributed by atoms with Gasteiger partial charge in [0.2, 0.25) is 0 Å². The van der Waals surface area contributed by atoms with E-state index in [1.807, 2.05) is 18.2 Å². The summed E-state index contributed by atoms with van der Waals surface area (Å²) in [4.78, 5) is 19.8. The molecular formula is C18H20N2O3S2. The number of allylic oxidation sites excluding steroid dienone is 2. The summed E-state index contributed by atoms with van der Waals surface area (Å²) in [5, 5.41) is 10.6. The highest BCUT2D eigenvalue weighted by Crippen LogP contribution is 2.31. The quantitative estimate of drug-likeness (QED) is 0.547. The second-order valence-corrected chi connectivity index (χ2v) is 7.66. The van der Waals surface area contributed by atoms with Gasteiger partial charge in [0.25, 0.3) is 0 Å². The highest BCUT2D eigenvalue weighted by molar-refractivity contribution is 8.15. The second-order valence-electron chi connectivity index (χ2n) is 5.62. The molecule has 1 aliphatic heterocycles. The van der Waals surface area contributed by atoms with Crippen molar-refractivity contribution in [2.24, 2.45) is 4.99 Å². The number of carboxylic acid groups (broad SMARTS) is 1. The van der Waals surface area contributed by atoms with Crippen LogP contribution in [0, 0.1) is 0 Å². The van der Waals surface area contributed by atoms with Crippen LogP contribution >= 0.6 is 23.1 Å². The van der Waals surface area contributed by atoms with E-state index in [1.54, 1.807) is 0 Å². The Kier molecular flexibility index (Phi) is 6.09. The maximum atomic E-state index is 11.0. The normalized spacial score (nSPS) is 17.3. The molecule has 0 fully saturated rings. The highest BCUT2D eigenvalue weighted by atomic mass is 32.2. The van der Waals surface area contributed by atoms with Crippen molar-refractivity contribution in [3.8, 4) is 5.75 Å². The van der Waals surface area contributed by atoms with E-state index in [-0.39, 0.29) is 0 Å². The van der Waals surface area contributed by atoms with Crippen LogP contribution < -0.4 is 4.74 Å². The molecule has 1 aromatic carbocycles. The Hall–Kier alpha value is -1.86. The molecule has 0 saturated carbocycles. The fraction of sp³-hybridized carbons (Fsp3) is 0.389. The third kappa shape index (κ3) is 4.61. The number of unbranched alkanes of at least 4 members (excludes halogenated alkanes) is 1. The third-order valence-electron chi connectivity index (χ3n) is 3.67. The lowest BCUT2D eigenvalue weighted by Crippen LogP contribution is -2.17. The molecule has 7 heteroatoms. The average molecular weight is 377 g/mol. The molecule has 1 aromatic heterocycles. The van der Waals surface area contributed by atoms with E-state index in [1.165, 1.54) is 23.1 Å². The van der Waals surface area contributed by atoms with Gasteiger partial charge in [0.15, 0.2) is 6.04 Å². The number of hydrogen-bond acceptors (Lipinski definition) is 6. The zero-order valence-corrected chi connectivity index (χ0v) is 15.6. The van der Waals surface area contributed by atoms with E-state index >= 15 is 0 Å². The van der Waals surface area contributed by atoms with Crippen molar-refractivity contribution in [3.63, 3.8) is 0 Å². The van der Waals surface area contributed by atoms with Gasteiger partial charge in [-0.3, -0.25) is 4.99 Å². The standard InChI is InChI=1S/C18H20N2O3S2/c1-2-3-4-5-6-9-23-12-7-8-13-15(10-12)25-17(19-13)16-20-14(11-24-16)18(21)22/h3-4,7-8,10,14H,2,5-6,9,11H2,1H3,(H,21,22)/t14-/m1/s1. The van der Waals surface area contributed by atoms with Crippen LogP contribution in [0.25, 0.3) is 10.2 Å². The molecule has 0 spiro atoms. The summed E-state index contributed by atoms with van der Waals surface area (Å²) < 4.78 is 6.84. The Balaban J connectivity index is 1.65. The van der Waals surface area contributed by atoms with E-state index in [9.17, 15) is 4.79 Å². The van der Waals surface area contributed by atoms with E-state index in [0.717, 1.165) is 45.3 Å². The zero-order valence-electron chi connectivity index (χ0n) is 14.0. The number of aliphatic carboxylic acids is 1. The van der Waals surface area contributed by atoms with Gasteiger partial charge in [-0.15, -0.1) is 23.1 Å². The number of aliphatic imine (C=N–C) groups is 1. The van der Waals surface area contributed by atoms with Crippen LogP contribution in [-0.4, -0.2) is 39.5 Å². The molecule has 5 nitrogen and oxygen atoms in total. The number of aromatic nitrogens is 1. The van der Waals surface area contributed by atoms with Gasteiger partial charge in [-0.25, -0.2) is 9.78 Å². The van der Waals surface area contributed by atoms with Gasteiger partial charge in [0.1, 0.15) is 15.8 Å². The van der Waals surface area contributed by atoms with Crippen molar-refractivity contribution in [3.05, 3.63) is 35.4 Å². The van der Waals surface area contributed by atoms with Crippen molar-refractivity contribution in [2.45, 2.75) is 32.2 Å².